The van der Waals surface area contributed by atoms with Crippen LogP contribution in [0.5, 0.6) is 5.75 Å². The van der Waals surface area contributed by atoms with Crippen molar-refractivity contribution in [1.29, 1.82) is 0 Å². The minimum Gasteiger partial charge on any atom is -0.488 e. The highest BCUT2D eigenvalue weighted by Gasteiger charge is 2.28. The lowest BCUT2D eigenvalue weighted by Crippen LogP contribution is -2.34. The molecule has 9 heteroatoms. The molecule has 0 bridgehead atoms. The highest BCUT2D eigenvalue weighted by atomic mass is 16.5. The predicted octanol–water partition coefficient (Wildman–Crippen LogP) is 2.37. The number of carbonyl (C=O) groups excluding carboxylic acids is 2. The molecule has 4 rings (SSSR count). The van der Waals surface area contributed by atoms with Crippen LogP contribution in [-0.4, -0.2) is 60.6 Å². The number of ether oxygens (including phenoxy) is 2. The Morgan fingerprint density at radius 1 is 1.09 bits per heavy atom. The number of carbonyl (C=O) groups is 2. The number of pyridine rings is 2. The SMILES string of the molecule is COC(=O)c1c(OCc2cccnc2)cc(=O)n2c1CCN(C(=O)c1cccc(N(C)C)c1)CC2. The molecule has 0 fully saturated rings. The van der Waals surface area contributed by atoms with E-state index in [0.29, 0.717) is 30.8 Å². The number of esters is 1. The molecule has 3 aromatic rings. The second-order valence-electron chi connectivity index (χ2n) is 8.45. The third kappa shape index (κ3) is 5.18. The summed E-state index contributed by atoms with van der Waals surface area (Å²) in [6, 6.07) is 12.3. The average Bonchev–Trinajstić information content (AvgIpc) is 3.11. The summed E-state index contributed by atoms with van der Waals surface area (Å²) in [5.74, 6) is -0.550. The molecule has 0 radical (unpaired) electrons. The van der Waals surface area contributed by atoms with Gasteiger partial charge in [-0.3, -0.25) is 14.6 Å². The molecule has 0 aliphatic carbocycles. The maximum absolute atomic E-state index is 13.3. The van der Waals surface area contributed by atoms with Gasteiger partial charge in [-0.1, -0.05) is 12.1 Å². The molecule has 182 valence electrons. The van der Waals surface area contributed by atoms with E-state index >= 15 is 0 Å². The van der Waals surface area contributed by atoms with Gasteiger partial charge in [-0.15, -0.1) is 0 Å². The first-order valence-electron chi connectivity index (χ1n) is 11.3. The van der Waals surface area contributed by atoms with Crippen molar-refractivity contribution in [2.75, 3.05) is 39.2 Å². The molecule has 3 heterocycles. The van der Waals surface area contributed by atoms with Crippen LogP contribution in [0.15, 0.2) is 59.7 Å². The van der Waals surface area contributed by atoms with E-state index in [9.17, 15) is 14.4 Å². The van der Waals surface area contributed by atoms with Crippen molar-refractivity contribution in [3.63, 3.8) is 0 Å². The molecule has 1 aliphatic heterocycles. The molecule has 0 saturated heterocycles. The summed E-state index contributed by atoms with van der Waals surface area (Å²) < 4.78 is 12.4. The Morgan fingerprint density at radius 3 is 2.63 bits per heavy atom. The van der Waals surface area contributed by atoms with E-state index < -0.39 is 5.97 Å². The Labute approximate surface area is 203 Å². The fraction of sp³-hybridized carbons (Fsp3) is 0.308. The fourth-order valence-electron chi connectivity index (χ4n) is 4.13. The Morgan fingerprint density at radius 2 is 1.91 bits per heavy atom. The lowest BCUT2D eigenvalue weighted by Gasteiger charge is -2.21. The van der Waals surface area contributed by atoms with E-state index in [4.69, 9.17) is 9.47 Å². The molecule has 0 N–H and O–H groups in total. The number of hydrogen-bond acceptors (Lipinski definition) is 7. The number of hydrogen-bond donors (Lipinski definition) is 0. The molecule has 9 nitrogen and oxygen atoms in total. The van der Waals surface area contributed by atoms with Crippen LogP contribution < -0.4 is 15.2 Å². The molecule has 0 unspecified atom stereocenters. The van der Waals surface area contributed by atoms with E-state index in [-0.39, 0.29) is 35.9 Å². The zero-order valence-corrected chi connectivity index (χ0v) is 20.1. The van der Waals surface area contributed by atoms with Gasteiger partial charge in [-0.25, -0.2) is 4.79 Å². The van der Waals surface area contributed by atoms with Gasteiger partial charge in [0.15, 0.2) is 0 Å². The van der Waals surface area contributed by atoms with Crippen LogP contribution in [-0.2, 0) is 24.3 Å². The third-order valence-corrected chi connectivity index (χ3v) is 6.00. The van der Waals surface area contributed by atoms with Gasteiger partial charge in [0.25, 0.3) is 11.5 Å². The zero-order valence-electron chi connectivity index (χ0n) is 20.1. The van der Waals surface area contributed by atoms with Gasteiger partial charge >= 0.3 is 5.97 Å². The highest BCUT2D eigenvalue weighted by molar-refractivity contribution is 5.95. The maximum Gasteiger partial charge on any atom is 0.343 e. The topological polar surface area (TPSA) is 94.0 Å². The lowest BCUT2D eigenvalue weighted by atomic mass is 10.1. The first-order valence-corrected chi connectivity index (χ1v) is 11.3. The lowest BCUT2D eigenvalue weighted by molar-refractivity contribution is 0.0592. The van der Waals surface area contributed by atoms with Crippen LogP contribution in [0.1, 0.15) is 32.0 Å². The summed E-state index contributed by atoms with van der Waals surface area (Å²) >= 11 is 0. The fourth-order valence-corrected chi connectivity index (χ4v) is 4.13. The number of methoxy groups -OCH3 is 1. The van der Waals surface area contributed by atoms with Crippen molar-refractivity contribution in [2.45, 2.75) is 19.6 Å². The minimum absolute atomic E-state index is 0.123. The maximum atomic E-state index is 13.3. The van der Waals surface area contributed by atoms with E-state index in [1.54, 1.807) is 29.4 Å². The van der Waals surface area contributed by atoms with Gasteiger partial charge < -0.3 is 23.8 Å². The van der Waals surface area contributed by atoms with Crippen LogP contribution in [0, 0.1) is 0 Å². The standard InChI is InChI=1S/C26H28N4O5/c1-28(2)20-8-4-7-19(14-20)25(32)29-11-9-21-24(26(33)34-3)22(15-23(31)30(21)13-12-29)35-17-18-6-5-10-27-16-18/h4-8,10,14-16H,9,11-13,17H2,1-3H3. The molecule has 35 heavy (non-hydrogen) atoms. The Balaban J connectivity index is 1.63. The molecule has 1 amide bonds. The number of amides is 1. The Hall–Kier alpha value is -4.14. The van der Waals surface area contributed by atoms with E-state index in [1.165, 1.54) is 17.7 Å². The van der Waals surface area contributed by atoms with Gasteiger partial charge in [0.1, 0.15) is 17.9 Å². The van der Waals surface area contributed by atoms with Crippen molar-refractivity contribution in [1.82, 2.24) is 14.5 Å². The smallest absolute Gasteiger partial charge is 0.343 e. The number of fused-ring (bicyclic) bond motifs is 1. The molecule has 2 aromatic heterocycles. The predicted molar refractivity (Wildman–Crippen MR) is 131 cm³/mol. The van der Waals surface area contributed by atoms with Crippen LogP contribution in [0.3, 0.4) is 0 Å². The van der Waals surface area contributed by atoms with Crippen molar-refractivity contribution >= 4 is 17.6 Å². The highest BCUT2D eigenvalue weighted by Crippen LogP contribution is 2.25. The largest absolute Gasteiger partial charge is 0.488 e. The molecule has 0 spiro atoms. The summed E-state index contributed by atoms with van der Waals surface area (Å²) in [6.07, 6.45) is 3.62. The molecular weight excluding hydrogens is 448 g/mol. The van der Waals surface area contributed by atoms with E-state index in [0.717, 1.165) is 11.3 Å². The number of nitrogens with zero attached hydrogens (tertiary/aromatic N) is 4. The van der Waals surface area contributed by atoms with Crippen LogP contribution in [0.2, 0.25) is 0 Å². The van der Waals surface area contributed by atoms with Crippen molar-refractivity contribution in [3.8, 4) is 5.75 Å². The molecule has 0 atom stereocenters. The second-order valence-corrected chi connectivity index (χ2v) is 8.45. The summed E-state index contributed by atoms with van der Waals surface area (Å²) in [7, 11) is 5.13. The normalized spacial score (nSPS) is 12.9. The summed E-state index contributed by atoms with van der Waals surface area (Å²) in [5.41, 5.74) is 2.72. The monoisotopic (exact) mass is 476 g/mol. The van der Waals surface area contributed by atoms with Gasteiger partial charge in [0, 0.05) is 81.1 Å². The molecular formula is C26H28N4O5. The summed E-state index contributed by atoms with van der Waals surface area (Å²) in [4.78, 5) is 46.7. The average molecular weight is 477 g/mol. The van der Waals surface area contributed by atoms with Gasteiger partial charge in [-0.05, 0) is 24.3 Å². The van der Waals surface area contributed by atoms with Crippen molar-refractivity contribution in [2.24, 2.45) is 0 Å². The van der Waals surface area contributed by atoms with Gasteiger partial charge in [0.05, 0.1) is 7.11 Å². The zero-order chi connectivity index (χ0) is 24.9. The molecule has 1 aliphatic rings. The van der Waals surface area contributed by atoms with Crippen LogP contribution in [0.4, 0.5) is 5.69 Å². The summed E-state index contributed by atoms with van der Waals surface area (Å²) in [6.45, 7) is 1.10. The number of benzene rings is 1. The summed E-state index contributed by atoms with van der Waals surface area (Å²) in [5, 5.41) is 0. The van der Waals surface area contributed by atoms with E-state index in [1.807, 2.05) is 43.3 Å². The Bertz CT molecular complexity index is 1290. The Kier molecular flexibility index (Phi) is 7.14. The van der Waals surface area contributed by atoms with Gasteiger partial charge in [0.2, 0.25) is 0 Å². The minimum atomic E-state index is -0.589. The van der Waals surface area contributed by atoms with Crippen LogP contribution in [0.25, 0.3) is 0 Å². The quantitative estimate of drug-likeness (QED) is 0.504. The number of rotatable bonds is 6. The first kappa shape index (κ1) is 24.0. The number of anilines is 1. The van der Waals surface area contributed by atoms with Crippen LogP contribution >= 0.6 is 0 Å². The van der Waals surface area contributed by atoms with E-state index in [2.05, 4.69) is 4.98 Å². The number of aromatic nitrogens is 2. The second kappa shape index (κ2) is 10.4. The van der Waals surface area contributed by atoms with Gasteiger partial charge in [-0.2, -0.15) is 0 Å². The molecule has 1 aromatic carbocycles. The van der Waals surface area contributed by atoms with Crippen molar-refractivity contribution < 1.29 is 19.1 Å². The van der Waals surface area contributed by atoms with Crippen molar-refractivity contribution in [3.05, 3.63) is 87.6 Å². The molecule has 0 saturated carbocycles. The first-order chi connectivity index (χ1) is 16.9. The third-order valence-electron chi connectivity index (χ3n) is 6.00.